The molecule has 2 heterocycles. The third kappa shape index (κ3) is 2.54. The second-order valence-electron chi connectivity index (χ2n) is 4.51. The Bertz CT molecular complexity index is 783. The number of aromatic nitrogens is 3. The quantitative estimate of drug-likeness (QED) is 0.687. The van der Waals surface area contributed by atoms with E-state index in [0.717, 1.165) is 22.4 Å². The second kappa shape index (κ2) is 5.59. The Labute approximate surface area is 122 Å². The lowest BCUT2D eigenvalue weighted by Crippen LogP contribution is -2.00. The summed E-state index contributed by atoms with van der Waals surface area (Å²) in [5, 5.41) is 4.34. The maximum Gasteiger partial charge on any atom is 0.123 e. The topological polar surface area (TPSA) is 30.7 Å². The Morgan fingerprint density at radius 3 is 2.43 bits per heavy atom. The van der Waals surface area contributed by atoms with Crippen molar-refractivity contribution in [3.05, 3.63) is 60.8 Å². The molecule has 21 heavy (non-hydrogen) atoms. The average Bonchev–Trinajstić information content (AvgIpc) is 2.93. The van der Waals surface area contributed by atoms with Gasteiger partial charge in [0, 0.05) is 23.5 Å². The summed E-state index contributed by atoms with van der Waals surface area (Å²) in [7, 11) is 0. The molecule has 0 spiro atoms. The van der Waals surface area contributed by atoms with E-state index in [4.69, 9.17) is 6.42 Å². The molecular formula is C17H12FN3. The molecule has 0 fully saturated rings. The Morgan fingerprint density at radius 2 is 1.76 bits per heavy atom. The maximum atomic E-state index is 13.1. The van der Waals surface area contributed by atoms with Crippen LogP contribution in [0, 0.1) is 18.2 Å². The highest BCUT2D eigenvalue weighted by molar-refractivity contribution is 5.80. The van der Waals surface area contributed by atoms with Crippen molar-refractivity contribution in [2.24, 2.45) is 0 Å². The molecule has 3 nitrogen and oxygen atoms in total. The number of halogens is 1. The molecular weight excluding hydrogens is 265 g/mol. The zero-order chi connectivity index (χ0) is 14.7. The van der Waals surface area contributed by atoms with Gasteiger partial charge in [-0.3, -0.25) is 9.67 Å². The molecule has 0 atom stereocenters. The van der Waals surface area contributed by atoms with Crippen molar-refractivity contribution < 1.29 is 4.39 Å². The molecule has 0 aliphatic rings. The van der Waals surface area contributed by atoms with E-state index in [0.29, 0.717) is 6.54 Å². The van der Waals surface area contributed by atoms with Crippen molar-refractivity contribution in [2.45, 2.75) is 6.54 Å². The smallest absolute Gasteiger partial charge is 0.123 e. The Morgan fingerprint density at radius 1 is 1.05 bits per heavy atom. The first-order valence-corrected chi connectivity index (χ1v) is 6.45. The van der Waals surface area contributed by atoms with E-state index in [-0.39, 0.29) is 5.82 Å². The van der Waals surface area contributed by atoms with E-state index in [9.17, 15) is 4.39 Å². The van der Waals surface area contributed by atoms with Crippen molar-refractivity contribution in [1.29, 1.82) is 0 Å². The highest BCUT2D eigenvalue weighted by atomic mass is 19.1. The third-order valence-electron chi connectivity index (χ3n) is 3.19. The Balaban J connectivity index is 2.18. The summed E-state index contributed by atoms with van der Waals surface area (Å²) in [5.74, 6) is 2.31. The molecule has 0 radical (unpaired) electrons. The summed E-state index contributed by atoms with van der Waals surface area (Å²) in [6.07, 6.45) is 10.6. The number of hydrogen-bond acceptors (Lipinski definition) is 2. The molecule has 0 saturated heterocycles. The Kier molecular flexibility index (Phi) is 3.48. The first-order valence-electron chi connectivity index (χ1n) is 6.45. The fourth-order valence-corrected chi connectivity index (χ4v) is 2.25. The summed E-state index contributed by atoms with van der Waals surface area (Å²) >= 11 is 0. The normalized spacial score (nSPS) is 10.3. The van der Waals surface area contributed by atoms with Crippen LogP contribution in [0.2, 0.25) is 0 Å². The van der Waals surface area contributed by atoms with E-state index in [1.807, 2.05) is 12.1 Å². The number of terminal acetylenes is 1. The lowest BCUT2D eigenvalue weighted by Gasteiger charge is -2.08. The first kappa shape index (κ1) is 13.1. The first-order chi connectivity index (χ1) is 10.3. The van der Waals surface area contributed by atoms with Crippen LogP contribution < -0.4 is 0 Å². The highest BCUT2D eigenvalue weighted by Crippen LogP contribution is 2.31. The number of pyridine rings is 1. The largest absolute Gasteiger partial charge is 0.265 e. The lowest BCUT2D eigenvalue weighted by molar-refractivity contribution is 0.628. The van der Waals surface area contributed by atoms with E-state index in [1.165, 1.54) is 12.1 Å². The van der Waals surface area contributed by atoms with Crippen LogP contribution >= 0.6 is 0 Å². The van der Waals surface area contributed by atoms with Gasteiger partial charge in [-0.05, 0) is 42.0 Å². The van der Waals surface area contributed by atoms with Gasteiger partial charge in [-0.1, -0.05) is 5.92 Å². The lowest BCUT2D eigenvalue weighted by atomic mass is 10.0. The predicted molar refractivity (Wildman–Crippen MR) is 79.7 cm³/mol. The molecule has 0 saturated carbocycles. The van der Waals surface area contributed by atoms with E-state index < -0.39 is 0 Å². The van der Waals surface area contributed by atoms with Gasteiger partial charge < -0.3 is 0 Å². The van der Waals surface area contributed by atoms with Gasteiger partial charge in [-0.25, -0.2) is 4.39 Å². The van der Waals surface area contributed by atoms with Crippen LogP contribution in [0.4, 0.5) is 4.39 Å². The average molecular weight is 277 g/mol. The standard InChI is InChI=1S/C17H12FN3/c1-2-11-21-17(14-3-5-15(18)6-4-14)16(12-20-21)13-7-9-19-10-8-13/h1,3-10,12H,11H2. The van der Waals surface area contributed by atoms with E-state index in [2.05, 4.69) is 16.0 Å². The Hall–Kier alpha value is -2.93. The second-order valence-corrected chi connectivity index (χ2v) is 4.51. The molecule has 0 bridgehead atoms. The number of nitrogens with zero attached hydrogens (tertiary/aromatic N) is 3. The minimum Gasteiger partial charge on any atom is -0.265 e. The molecule has 2 aromatic heterocycles. The number of rotatable bonds is 3. The summed E-state index contributed by atoms with van der Waals surface area (Å²) < 4.78 is 14.9. The minimum absolute atomic E-state index is 0.271. The van der Waals surface area contributed by atoms with E-state index >= 15 is 0 Å². The minimum atomic E-state index is -0.271. The van der Waals surface area contributed by atoms with Crippen LogP contribution in [0.15, 0.2) is 55.0 Å². The molecule has 0 aliphatic heterocycles. The fourth-order valence-electron chi connectivity index (χ4n) is 2.25. The van der Waals surface area contributed by atoms with Crippen molar-refractivity contribution in [2.75, 3.05) is 0 Å². The number of hydrogen-bond donors (Lipinski definition) is 0. The van der Waals surface area contributed by atoms with Crippen molar-refractivity contribution in [3.63, 3.8) is 0 Å². The monoisotopic (exact) mass is 277 g/mol. The van der Waals surface area contributed by atoms with Gasteiger partial charge in [0.15, 0.2) is 0 Å². The number of benzene rings is 1. The van der Waals surface area contributed by atoms with Gasteiger partial charge in [0.1, 0.15) is 12.4 Å². The van der Waals surface area contributed by atoms with Crippen molar-refractivity contribution >= 4 is 0 Å². The van der Waals surface area contributed by atoms with Crippen LogP contribution in [-0.4, -0.2) is 14.8 Å². The summed E-state index contributed by atoms with van der Waals surface area (Å²) in [6.45, 7) is 0.359. The maximum absolute atomic E-state index is 13.1. The predicted octanol–water partition coefficient (Wildman–Crippen LogP) is 3.38. The van der Waals surface area contributed by atoms with E-state index in [1.54, 1.807) is 35.4 Å². The molecule has 0 aliphatic carbocycles. The molecule has 102 valence electrons. The molecule has 1 aromatic carbocycles. The molecule has 0 N–H and O–H groups in total. The third-order valence-corrected chi connectivity index (χ3v) is 3.19. The van der Waals surface area contributed by atoms with Crippen molar-refractivity contribution in [1.82, 2.24) is 14.8 Å². The molecule has 0 amide bonds. The summed E-state index contributed by atoms with van der Waals surface area (Å²) in [6, 6.07) is 10.1. The summed E-state index contributed by atoms with van der Waals surface area (Å²) in [5.41, 5.74) is 3.68. The van der Waals surface area contributed by atoms with Crippen molar-refractivity contribution in [3.8, 4) is 34.7 Å². The molecule has 0 unspecified atom stereocenters. The zero-order valence-corrected chi connectivity index (χ0v) is 11.2. The van der Waals surface area contributed by atoms with Crippen LogP contribution in [0.3, 0.4) is 0 Å². The van der Waals surface area contributed by atoms with Crippen LogP contribution in [0.1, 0.15) is 0 Å². The molecule has 4 heteroatoms. The van der Waals surface area contributed by atoms with Gasteiger partial charge in [0.2, 0.25) is 0 Å². The zero-order valence-electron chi connectivity index (χ0n) is 11.2. The molecule has 3 rings (SSSR count). The highest BCUT2D eigenvalue weighted by Gasteiger charge is 2.14. The van der Waals surface area contributed by atoms with Crippen LogP contribution in [0.5, 0.6) is 0 Å². The van der Waals surface area contributed by atoms with Gasteiger partial charge in [0.25, 0.3) is 0 Å². The van der Waals surface area contributed by atoms with Gasteiger partial charge in [-0.2, -0.15) is 5.10 Å². The van der Waals surface area contributed by atoms with Gasteiger partial charge in [-0.15, -0.1) is 6.42 Å². The summed E-state index contributed by atoms with van der Waals surface area (Å²) in [4.78, 5) is 4.02. The molecule has 3 aromatic rings. The SMILES string of the molecule is C#CCn1ncc(-c2ccncc2)c1-c1ccc(F)cc1. The fraction of sp³-hybridized carbons (Fsp3) is 0.0588. The van der Waals surface area contributed by atoms with Crippen LogP contribution in [-0.2, 0) is 6.54 Å². The van der Waals surface area contributed by atoms with Gasteiger partial charge in [0.05, 0.1) is 11.9 Å². The van der Waals surface area contributed by atoms with Gasteiger partial charge >= 0.3 is 0 Å². The van der Waals surface area contributed by atoms with Crippen LogP contribution in [0.25, 0.3) is 22.4 Å².